The van der Waals surface area contributed by atoms with Gasteiger partial charge in [0.15, 0.2) is 6.10 Å². The molecule has 0 amide bonds. The van der Waals surface area contributed by atoms with Gasteiger partial charge in [-0.3, -0.25) is 14.4 Å². The summed E-state index contributed by atoms with van der Waals surface area (Å²) in [6.45, 7) is 6.53. The van der Waals surface area contributed by atoms with E-state index in [0.29, 0.717) is 19.3 Å². The van der Waals surface area contributed by atoms with Crippen LogP contribution in [0, 0.1) is 0 Å². The lowest BCUT2D eigenvalue weighted by molar-refractivity contribution is -0.167. The fraction of sp³-hybridized carbons (Fsp3) is 0.721. The van der Waals surface area contributed by atoms with Crippen molar-refractivity contribution in [3.05, 3.63) is 85.1 Å². The Hall–Kier alpha value is -3.41. The standard InChI is InChI=1S/C61H104O6/c1-4-7-10-13-16-19-22-25-28-30-33-36-39-42-45-48-51-54-60(63)66-57-58(56-65-59(62)53-50-47-44-41-38-35-32-27-24-21-18-15-12-9-6-3)67-61(64)55-52-49-46-43-40-37-34-31-29-26-23-20-17-14-11-8-5-2/h16,18-19,21,25-29,32,34,37,43,46,58H,4-15,17,20,22-24,30-31,33,35-36,38-42,44-45,47-57H2,1-3H3/b19-16-,21-18-,28-25-,29-26-,32-27-,37-34-,46-43-/t58-/m0/s1. The molecule has 0 spiro atoms. The number of hydrogen-bond acceptors (Lipinski definition) is 6. The number of unbranched alkanes of at least 4 members (excludes halogenated alkanes) is 25. The van der Waals surface area contributed by atoms with E-state index in [2.05, 4.69) is 106 Å². The first-order valence-electron chi connectivity index (χ1n) is 28.1. The number of rotatable bonds is 50. The summed E-state index contributed by atoms with van der Waals surface area (Å²) in [5.41, 5.74) is 0. The Labute approximate surface area is 414 Å². The quantitative estimate of drug-likeness (QED) is 0.0262. The van der Waals surface area contributed by atoms with Gasteiger partial charge < -0.3 is 14.2 Å². The molecule has 0 unspecified atom stereocenters. The van der Waals surface area contributed by atoms with Crippen LogP contribution in [0.3, 0.4) is 0 Å². The van der Waals surface area contributed by atoms with Crippen molar-refractivity contribution in [3.63, 3.8) is 0 Å². The van der Waals surface area contributed by atoms with Crippen LogP contribution in [-0.2, 0) is 28.6 Å². The second-order valence-corrected chi connectivity index (χ2v) is 18.5. The number of hydrogen-bond donors (Lipinski definition) is 0. The van der Waals surface area contributed by atoms with Crippen molar-refractivity contribution in [3.8, 4) is 0 Å². The first kappa shape index (κ1) is 63.6. The van der Waals surface area contributed by atoms with Gasteiger partial charge in [0.25, 0.3) is 0 Å². The molecular weight excluding hydrogens is 829 g/mol. The van der Waals surface area contributed by atoms with Crippen molar-refractivity contribution in [2.24, 2.45) is 0 Å². The lowest BCUT2D eigenvalue weighted by atomic mass is 10.1. The van der Waals surface area contributed by atoms with Gasteiger partial charge in [0.05, 0.1) is 0 Å². The summed E-state index contributed by atoms with van der Waals surface area (Å²) >= 11 is 0. The van der Waals surface area contributed by atoms with Crippen molar-refractivity contribution >= 4 is 17.9 Å². The van der Waals surface area contributed by atoms with E-state index >= 15 is 0 Å². The Kier molecular flexibility index (Phi) is 52.4. The van der Waals surface area contributed by atoms with Gasteiger partial charge in [-0.05, 0) is 116 Å². The Morgan fingerprint density at radius 2 is 0.552 bits per heavy atom. The molecule has 0 rings (SSSR count). The van der Waals surface area contributed by atoms with Gasteiger partial charge in [-0.2, -0.15) is 0 Å². The van der Waals surface area contributed by atoms with E-state index in [1.54, 1.807) is 0 Å². The molecule has 0 aromatic heterocycles. The number of ether oxygens (including phenoxy) is 3. The fourth-order valence-corrected chi connectivity index (χ4v) is 7.58. The average molecular weight is 933 g/mol. The Balaban J connectivity index is 4.50. The zero-order valence-corrected chi connectivity index (χ0v) is 43.9. The average Bonchev–Trinajstić information content (AvgIpc) is 3.33. The van der Waals surface area contributed by atoms with Gasteiger partial charge in [-0.1, -0.05) is 215 Å². The molecule has 0 saturated carbocycles. The van der Waals surface area contributed by atoms with Gasteiger partial charge in [0.2, 0.25) is 0 Å². The highest BCUT2D eigenvalue weighted by atomic mass is 16.6. The Bertz CT molecular complexity index is 1300. The third-order valence-corrected chi connectivity index (χ3v) is 11.8. The van der Waals surface area contributed by atoms with Crippen molar-refractivity contribution in [2.45, 2.75) is 271 Å². The second kappa shape index (κ2) is 55.2. The minimum atomic E-state index is -0.813. The SMILES string of the molecule is CCCCC/C=C\C/C=C\CCCCCCCCCC(=O)OC[C@H](COC(=O)CCCCCCC/C=C\C/C=C\CCCCC)OC(=O)CCC/C=C\C/C=C\C/C=C\CCCCCCCC. The molecule has 0 fully saturated rings. The summed E-state index contributed by atoms with van der Waals surface area (Å²) < 4.78 is 16.8. The van der Waals surface area contributed by atoms with Crippen molar-refractivity contribution < 1.29 is 28.6 Å². The number of carbonyl (C=O) groups is 3. The molecule has 0 bridgehead atoms. The number of allylic oxidation sites excluding steroid dienone is 14. The van der Waals surface area contributed by atoms with Gasteiger partial charge >= 0.3 is 17.9 Å². The molecule has 6 heteroatoms. The maximum absolute atomic E-state index is 12.8. The third-order valence-electron chi connectivity index (χ3n) is 11.8. The summed E-state index contributed by atoms with van der Waals surface area (Å²) in [6, 6.07) is 0. The molecule has 384 valence electrons. The van der Waals surface area contributed by atoms with E-state index in [4.69, 9.17) is 14.2 Å². The van der Waals surface area contributed by atoms with E-state index in [-0.39, 0.29) is 37.5 Å². The van der Waals surface area contributed by atoms with Gasteiger partial charge in [-0.25, -0.2) is 0 Å². The van der Waals surface area contributed by atoms with Crippen LogP contribution in [0.4, 0.5) is 0 Å². The summed E-state index contributed by atoms with van der Waals surface area (Å²) in [5.74, 6) is -0.976. The first-order chi connectivity index (χ1) is 33.0. The van der Waals surface area contributed by atoms with E-state index < -0.39 is 6.10 Å². The van der Waals surface area contributed by atoms with Crippen LogP contribution < -0.4 is 0 Å². The van der Waals surface area contributed by atoms with E-state index in [0.717, 1.165) is 96.3 Å². The van der Waals surface area contributed by atoms with Crippen LogP contribution in [0.1, 0.15) is 265 Å². The topological polar surface area (TPSA) is 78.9 Å². The first-order valence-corrected chi connectivity index (χ1v) is 28.1. The zero-order chi connectivity index (χ0) is 48.6. The number of carbonyl (C=O) groups excluding carboxylic acids is 3. The minimum absolute atomic E-state index is 0.105. The van der Waals surface area contributed by atoms with Gasteiger partial charge in [-0.15, -0.1) is 0 Å². The molecule has 0 heterocycles. The summed E-state index contributed by atoms with van der Waals surface area (Å²) in [7, 11) is 0. The highest BCUT2D eigenvalue weighted by Crippen LogP contribution is 2.13. The summed E-state index contributed by atoms with van der Waals surface area (Å²) in [5, 5.41) is 0. The molecule has 0 aliphatic rings. The molecule has 0 N–H and O–H groups in total. The van der Waals surface area contributed by atoms with Crippen LogP contribution in [0.2, 0.25) is 0 Å². The summed E-state index contributed by atoms with van der Waals surface area (Å²) in [6.07, 6.45) is 71.4. The maximum Gasteiger partial charge on any atom is 0.306 e. The molecule has 1 atom stereocenters. The molecule has 0 aliphatic heterocycles. The van der Waals surface area contributed by atoms with E-state index in [1.165, 1.54) is 122 Å². The van der Waals surface area contributed by atoms with E-state index in [1.807, 2.05) is 0 Å². The molecular formula is C61H104O6. The van der Waals surface area contributed by atoms with E-state index in [9.17, 15) is 14.4 Å². The van der Waals surface area contributed by atoms with Crippen molar-refractivity contribution in [1.29, 1.82) is 0 Å². The minimum Gasteiger partial charge on any atom is -0.462 e. The molecule has 67 heavy (non-hydrogen) atoms. The smallest absolute Gasteiger partial charge is 0.306 e. The molecule has 0 aromatic carbocycles. The predicted octanol–water partition coefficient (Wildman–Crippen LogP) is 18.8. The molecule has 6 nitrogen and oxygen atoms in total. The molecule has 0 aromatic rings. The highest BCUT2D eigenvalue weighted by molar-refractivity contribution is 5.71. The second-order valence-electron chi connectivity index (χ2n) is 18.5. The summed E-state index contributed by atoms with van der Waals surface area (Å²) in [4.78, 5) is 38.1. The van der Waals surface area contributed by atoms with Crippen molar-refractivity contribution in [2.75, 3.05) is 13.2 Å². The van der Waals surface area contributed by atoms with Crippen LogP contribution in [0.15, 0.2) is 85.1 Å². The zero-order valence-electron chi connectivity index (χ0n) is 43.9. The third kappa shape index (κ3) is 53.4. The monoisotopic (exact) mass is 933 g/mol. The van der Waals surface area contributed by atoms with Gasteiger partial charge in [0.1, 0.15) is 13.2 Å². The van der Waals surface area contributed by atoms with Gasteiger partial charge in [0, 0.05) is 19.3 Å². The lowest BCUT2D eigenvalue weighted by Crippen LogP contribution is -2.30. The fourth-order valence-electron chi connectivity index (χ4n) is 7.58. The Morgan fingerprint density at radius 1 is 0.299 bits per heavy atom. The number of esters is 3. The van der Waals surface area contributed by atoms with Crippen LogP contribution in [0.5, 0.6) is 0 Å². The largest absolute Gasteiger partial charge is 0.462 e. The highest BCUT2D eigenvalue weighted by Gasteiger charge is 2.19. The molecule has 0 aliphatic carbocycles. The molecule has 0 saturated heterocycles. The Morgan fingerprint density at radius 3 is 0.910 bits per heavy atom. The predicted molar refractivity (Wildman–Crippen MR) is 288 cm³/mol. The van der Waals surface area contributed by atoms with Crippen LogP contribution in [0.25, 0.3) is 0 Å². The van der Waals surface area contributed by atoms with Crippen LogP contribution in [-0.4, -0.2) is 37.2 Å². The lowest BCUT2D eigenvalue weighted by Gasteiger charge is -2.18. The molecule has 0 radical (unpaired) electrons. The normalized spacial score (nSPS) is 12.7. The maximum atomic E-state index is 12.8. The van der Waals surface area contributed by atoms with Crippen LogP contribution >= 0.6 is 0 Å². The van der Waals surface area contributed by atoms with Crippen molar-refractivity contribution in [1.82, 2.24) is 0 Å².